The third-order valence-electron chi connectivity index (χ3n) is 3.48. The van der Waals surface area contributed by atoms with E-state index in [0.717, 1.165) is 41.7 Å². The van der Waals surface area contributed by atoms with E-state index in [1.54, 1.807) is 0 Å². The summed E-state index contributed by atoms with van der Waals surface area (Å²) in [5.41, 5.74) is 8.10. The summed E-state index contributed by atoms with van der Waals surface area (Å²) in [6, 6.07) is 12.9. The Morgan fingerprint density at radius 3 is 1.77 bits per heavy atom. The zero-order chi connectivity index (χ0) is 15.5. The Morgan fingerprint density at radius 2 is 1.36 bits per heavy atom. The van der Waals surface area contributed by atoms with Crippen molar-refractivity contribution in [3.05, 3.63) is 59.7 Å². The van der Waals surface area contributed by atoms with Crippen LogP contribution in [0.5, 0.6) is 0 Å². The van der Waals surface area contributed by atoms with Gasteiger partial charge in [-0.1, -0.05) is 49.7 Å². The van der Waals surface area contributed by atoms with E-state index in [1.807, 2.05) is 24.3 Å². The quantitative estimate of drug-likeness (QED) is 0.777. The Bertz CT molecular complexity index is 576. The molecule has 1 atom stereocenters. The van der Waals surface area contributed by atoms with Crippen LogP contribution in [0.4, 0.5) is 13.2 Å². The molecular formula is C17H19ClF3N. The van der Waals surface area contributed by atoms with Gasteiger partial charge in [0.25, 0.3) is 0 Å². The van der Waals surface area contributed by atoms with Gasteiger partial charge in [0.05, 0.1) is 5.56 Å². The van der Waals surface area contributed by atoms with Crippen molar-refractivity contribution < 1.29 is 13.2 Å². The van der Waals surface area contributed by atoms with Gasteiger partial charge < -0.3 is 5.73 Å². The van der Waals surface area contributed by atoms with Crippen molar-refractivity contribution in [3.63, 3.8) is 0 Å². The van der Waals surface area contributed by atoms with Crippen molar-refractivity contribution in [2.45, 2.75) is 32.0 Å². The Labute approximate surface area is 134 Å². The van der Waals surface area contributed by atoms with Crippen LogP contribution in [0.15, 0.2) is 48.5 Å². The maximum atomic E-state index is 12.5. The molecule has 0 spiro atoms. The molecule has 0 saturated heterocycles. The Balaban J connectivity index is 0.00000242. The normalized spacial score (nSPS) is 12.6. The van der Waals surface area contributed by atoms with Gasteiger partial charge in [-0.25, -0.2) is 0 Å². The van der Waals surface area contributed by atoms with Crippen LogP contribution in [0, 0.1) is 0 Å². The van der Waals surface area contributed by atoms with E-state index in [1.165, 1.54) is 12.1 Å². The summed E-state index contributed by atoms with van der Waals surface area (Å²) < 4.78 is 37.6. The molecule has 0 aromatic heterocycles. The summed E-state index contributed by atoms with van der Waals surface area (Å²) in [7, 11) is 0. The van der Waals surface area contributed by atoms with Crippen LogP contribution in [-0.2, 0) is 6.18 Å². The Hall–Kier alpha value is -1.52. The van der Waals surface area contributed by atoms with Crippen LogP contribution in [0.25, 0.3) is 11.1 Å². The molecule has 5 heteroatoms. The minimum atomic E-state index is -4.30. The second kappa shape index (κ2) is 7.65. The second-order valence-corrected chi connectivity index (χ2v) is 5.09. The fraction of sp³-hybridized carbons (Fsp3) is 0.294. The third kappa shape index (κ3) is 4.49. The monoisotopic (exact) mass is 329 g/mol. The van der Waals surface area contributed by atoms with E-state index in [9.17, 15) is 13.2 Å². The van der Waals surface area contributed by atoms with Gasteiger partial charge >= 0.3 is 6.18 Å². The molecule has 0 aliphatic carbocycles. The van der Waals surface area contributed by atoms with Crippen LogP contribution < -0.4 is 5.73 Å². The van der Waals surface area contributed by atoms with Crippen LogP contribution in [0.2, 0.25) is 0 Å². The molecule has 0 aliphatic heterocycles. The predicted octanol–water partition coefficient (Wildman–Crippen LogP) is 5.59. The Kier molecular flexibility index (Phi) is 6.45. The highest BCUT2D eigenvalue weighted by Gasteiger charge is 2.29. The van der Waals surface area contributed by atoms with E-state index >= 15 is 0 Å². The molecule has 0 aliphatic rings. The first-order valence-corrected chi connectivity index (χ1v) is 6.95. The summed E-state index contributed by atoms with van der Waals surface area (Å²) in [6.07, 6.45) is -2.36. The molecular weight excluding hydrogens is 311 g/mol. The van der Waals surface area contributed by atoms with Gasteiger partial charge in [0.2, 0.25) is 0 Å². The topological polar surface area (TPSA) is 26.0 Å². The zero-order valence-corrected chi connectivity index (χ0v) is 13.0. The van der Waals surface area contributed by atoms with Crippen LogP contribution in [-0.4, -0.2) is 0 Å². The van der Waals surface area contributed by atoms with Gasteiger partial charge in [-0.05, 0) is 35.2 Å². The van der Waals surface area contributed by atoms with Gasteiger partial charge in [0, 0.05) is 6.04 Å². The molecule has 0 saturated carbocycles. The fourth-order valence-corrected chi connectivity index (χ4v) is 2.25. The summed E-state index contributed by atoms with van der Waals surface area (Å²) >= 11 is 0. The lowest BCUT2D eigenvalue weighted by atomic mass is 9.98. The van der Waals surface area contributed by atoms with Crippen molar-refractivity contribution in [2.24, 2.45) is 5.73 Å². The lowest BCUT2D eigenvalue weighted by molar-refractivity contribution is -0.137. The van der Waals surface area contributed by atoms with E-state index in [0.29, 0.717) is 0 Å². The van der Waals surface area contributed by atoms with Gasteiger partial charge in [-0.2, -0.15) is 13.2 Å². The molecule has 0 heterocycles. The van der Waals surface area contributed by atoms with Crippen molar-refractivity contribution in [1.29, 1.82) is 0 Å². The molecule has 0 bridgehead atoms. The smallest absolute Gasteiger partial charge is 0.324 e. The maximum Gasteiger partial charge on any atom is 0.416 e. The average Bonchev–Trinajstić information content (AvgIpc) is 2.47. The number of nitrogens with two attached hydrogens (primary N) is 1. The van der Waals surface area contributed by atoms with Gasteiger partial charge in [-0.3, -0.25) is 0 Å². The SMILES string of the molecule is CCC[C@H](N)c1ccc(-c2ccc(C(F)(F)F)cc2)cc1.Cl. The summed E-state index contributed by atoms with van der Waals surface area (Å²) in [5, 5.41) is 0. The number of hydrogen-bond acceptors (Lipinski definition) is 1. The highest BCUT2D eigenvalue weighted by atomic mass is 35.5. The lowest BCUT2D eigenvalue weighted by Crippen LogP contribution is -2.09. The molecule has 120 valence electrons. The molecule has 2 aromatic carbocycles. The number of rotatable bonds is 4. The molecule has 1 nitrogen and oxygen atoms in total. The second-order valence-electron chi connectivity index (χ2n) is 5.09. The van der Waals surface area contributed by atoms with Gasteiger partial charge in [0.15, 0.2) is 0 Å². The van der Waals surface area contributed by atoms with E-state index < -0.39 is 11.7 Å². The summed E-state index contributed by atoms with van der Waals surface area (Å²) in [5.74, 6) is 0. The summed E-state index contributed by atoms with van der Waals surface area (Å²) in [4.78, 5) is 0. The van der Waals surface area contributed by atoms with Crippen molar-refractivity contribution >= 4 is 12.4 Å². The molecule has 22 heavy (non-hydrogen) atoms. The summed E-state index contributed by atoms with van der Waals surface area (Å²) in [6.45, 7) is 2.08. The molecule has 2 aromatic rings. The fourth-order valence-electron chi connectivity index (χ4n) is 2.25. The highest BCUT2D eigenvalue weighted by Crippen LogP contribution is 2.31. The predicted molar refractivity (Wildman–Crippen MR) is 86.0 cm³/mol. The molecule has 2 rings (SSSR count). The van der Waals surface area contributed by atoms with E-state index in [2.05, 4.69) is 6.92 Å². The number of hydrogen-bond donors (Lipinski definition) is 1. The number of halogens is 4. The van der Waals surface area contributed by atoms with E-state index in [4.69, 9.17) is 5.73 Å². The first-order chi connectivity index (χ1) is 9.91. The molecule has 0 amide bonds. The van der Waals surface area contributed by atoms with Crippen molar-refractivity contribution in [3.8, 4) is 11.1 Å². The van der Waals surface area contributed by atoms with Crippen molar-refractivity contribution in [2.75, 3.05) is 0 Å². The minimum Gasteiger partial charge on any atom is -0.324 e. The lowest BCUT2D eigenvalue weighted by Gasteiger charge is -2.12. The van der Waals surface area contributed by atoms with Crippen LogP contribution in [0.3, 0.4) is 0 Å². The standard InChI is InChI=1S/C17H18F3N.ClH/c1-2-3-16(21)14-6-4-12(5-7-14)13-8-10-15(11-9-13)17(18,19)20;/h4-11,16H,2-3,21H2,1H3;1H/t16-;/m0./s1. The van der Waals surface area contributed by atoms with Crippen LogP contribution in [0.1, 0.15) is 36.9 Å². The largest absolute Gasteiger partial charge is 0.416 e. The van der Waals surface area contributed by atoms with Crippen molar-refractivity contribution in [1.82, 2.24) is 0 Å². The minimum absolute atomic E-state index is 0. The van der Waals surface area contributed by atoms with E-state index in [-0.39, 0.29) is 18.4 Å². The highest BCUT2D eigenvalue weighted by molar-refractivity contribution is 5.85. The molecule has 2 N–H and O–H groups in total. The third-order valence-corrected chi connectivity index (χ3v) is 3.48. The van der Waals surface area contributed by atoms with Gasteiger partial charge in [-0.15, -0.1) is 12.4 Å². The number of benzene rings is 2. The Morgan fingerprint density at radius 1 is 0.909 bits per heavy atom. The number of alkyl halides is 3. The molecule has 0 fully saturated rings. The zero-order valence-electron chi connectivity index (χ0n) is 12.2. The molecule has 0 unspecified atom stereocenters. The first kappa shape index (κ1) is 18.5. The average molecular weight is 330 g/mol. The van der Waals surface area contributed by atoms with Gasteiger partial charge in [0.1, 0.15) is 0 Å². The maximum absolute atomic E-state index is 12.5. The van der Waals surface area contributed by atoms with Crippen LogP contribution >= 0.6 is 12.4 Å². The first-order valence-electron chi connectivity index (χ1n) is 6.95. The molecule has 0 radical (unpaired) electrons.